The van der Waals surface area contributed by atoms with Crippen LogP contribution in [0.5, 0.6) is 0 Å². The lowest BCUT2D eigenvalue weighted by Crippen LogP contribution is -2.36. The number of morpholine rings is 1. The van der Waals surface area contributed by atoms with Gasteiger partial charge in [-0.1, -0.05) is 0 Å². The quantitative estimate of drug-likeness (QED) is 0.893. The molecule has 1 aromatic heterocycles. The zero-order valence-electron chi connectivity index (χ0n) is 14.0. The van der Waals surface area contributed by atoms with E-state index in [1.807, 2.05) is 26.0 Å². The minimum Gasteiger partial charge on any atom is -0.378 e. The Morgan fingerprint density at radius 2 is 2.12 bits per heavy atom. The van der Waals surface area contributed by atoms with Crippen LogP contribution in [0.3, 0.4) is 0 Å². The van der Waals surface area contributed by atoms with Gasteiger partial charge in [0.1, 0.15) is 0 Å². The van der Waals surface area contributed by atoms with E-state index in [1.165, 1.54) is 5.69 Å². The minimum atomic E-state index is -0.205. The molecule has 2 amide bonds. The second kappa shape index (κ2) is 7.63. The van der Waals surface area contributed by atoms with Crippen molar-refractivity contribution >= 4 is 28.7 Å². The molecule has 2 heterocycles. The number of rotatable bonds is 4. The molecule has 1 aromatic carbocycles. The first-order valence-electron chi connectivity index (χ1n) is 8.01. The molecule has 2 aromatic rings. The molecule has 2 N–H and O–H groups in total. The lowest BCUT2D eigenvalue weighted by molar-refractivity contribution is 0.122. The van der Waals surface area contributed by atoms with Crippen LogP contribution in [0.15, 0.2) is 24.4 Å². The molecule has 24 heavy (non-hydrogen) atoms. The number of benzene rings is 1. The Hall–Kier alpha value is -2.12. The minimum absolute atomic E-state index is 0.205. The summed E-state index contributed by atoms with van der Waals surface area (Å²) in [7, 11) is 0. The van der Waals surface area contributed by atoms with E-state index in [2.05, 4.69) is 26.6 Å². The smallest absolute Gasteiger partial charge is 0.319 e. The average molecular weight is 346 g/mol. The number of nitrogens with one attached hydrogen (secondary N) is 2. The third kappa shape index (κ3) is 4.24. The van der Waals surface area contributed by atoms with E-state index in [0.29, 0.717) is 6.54 Å². The Morgan fingerprint density at radius 3 is 2.79 bits per heavy atom. The van der Waals surface area contributed by atoms with Crippen LogP contribution >= 0.6 is 11.3 Å². The van der Waals surface area contributed by atoms with Gasteiger partial charge in [-0.3, -0.25) is 0 Å². The van der Waals surface area contributed by atoms with Crippen LogP contribution in [0, 0.1) is 13.8 Å². The fraction of sp³-hybridized carbons (Fsp3) is 0.412. The van der Waals surface area contributed by atoms with Crippen LogP contribution in [0.2, 0.25) is 0 Å². The van der Waals surface area contributed by atoms with Crippen molar-refractivity contribution in [2.24, 2.45) is 0 Å². The number of aryl methyl sites for hydroxylation is 2. The van der Waals surface area contributed by atoms with Crippen LogP contribution in [-0.4, -0.2) is 37.3 Å². The number of nitrogens with zero attached hydrogens (tertiary/aromatic N) is 2. The fourth-order valence-corrected chi connectivity index (χ4v) is 3.36. The summed E-state index contributed by atoms with van der Waals surface area (Å²) >= 11 is 1.59. The molecule has 1 saturated heterocycles. The molecular weight excluding hydrogens is 324 g/mol. The van der Waals surface area contributed by atoms with Crippen molar-refractivity contribution in [3.8, 4) is 0 Å². The first-order chi connectivity index (χ1) is 11.6. The molecule has 0 radical (unpaired) electrons. The van der Waals surface area contributed by atoms with E-state index in [-0.39, 0.29) is 6.03 Å². The van der Waals surface area contributed by atoms with Crippen molar-refractivity contribution in [2.45, 2.75) is 20.4 Å². The van der Waals surface area contributed by atoms with Gasteiger partial charge in [-0.25, -0.2) is 9.78 Å². The van der Waals surface area contributed by atoms with E-state index in [1.54, 1.807) is 17.5 Å². The molecule has 6 nitrogen and oxygen atoms in total. The van der Waals surface area contributed by atoms with Gasteiger partial charge in [0.15, 0.2) is 0 Å². The predicted octanol–water partition coefficient (Wildman–Crippen LogP) is 2.92. The van der Waals surface area contributed by atoms with E-state index in [0.717, 1.165) is 47.4 Å². The highest BCUT2D eigenvalue weighted by Crippen LogP contribution is 2.23. The average Bonchev–Trinajstić information content (AvgIpc) is 3.01. The van der Waals surface area contributed by atoms with E-state index in [4.69, 9.17) is 4.74 Å². The number of thiazole rings is 1. The molecule has 0 atom stereocenters. The third-order valence-corrected chi connectivity index (χ3v) is 4.84. The number of aromatic nitrogens is 1. The zero-order chi connectivity index (χ0) is 16.9. The van der Waals surface area contributed by atoms with Crippen LogP contribution in [0.4, 0.5) is 16.2 Å². The maximum Gasteiger partial charge on any atom is 0.319 e. The summed E-state index contributed by atoms with van der Waals surface area (Å²) in [6.07, 6.45) is 1.79. The lowest BCUT2D eigenvalue weighted by Gasteiger charge is -2.29. The van der Waals surface area contributed by atoms with Gasteiger partial charge in [0.05, 0.1) is 24.8 Å². The van der Waals surface area contributed by atoms with Crippen molar-refractivity contribution in [1.82, 2.24) is 10.3 Å². The van der Waals surface area contributed by atoms with Crippen LogP contribution in [0.25, 0.3) is 0 Å². The van der Waals surface area contributed by atoms with Gasteiger partial charge < -0.3 is 20.3 Å². The number of carbonyl (C=O) groups excluding carboxylic acids is 1. The molecule has 0 saturated carbocycles. The molecule has 0 aliphatic carbocycles. The van der Waals surface area contributed by atoms with E-state index in [9.17, 15) is 4.79 Å². The standard InChI is InChI=1S/C17H22N4O2S/c1-12-9-14(21-5-7-23-8-6-21)3-4-16(12)20-17(22)19-11-15-10-18-13(2)24-15/h3-4,9-10H,5-8,11H2,1-2H3,(H2,19,20,22). The highest BCUT2D eigenvalue weighted by Gasteiger charge is 2.13. The van der Waals surface area contributed by atoms with Gasteiger partial charge in [0.2, 0.25) is 0 Å². The predicted molar refractivity (Wildman–Crippen MR) is 96.9 cm³/mol. The van der Waals surface area contributed by atoms with Crippen molar-refractivity contribution in [2.75, 3.05) is 36.5 Å². The largest absolute Gasteiger partial charge is 0.378 e. The Labute approximate surface area is 145 Å². The summed E-state index contributed by atoms with van der Waals surface area (Å²) in [6, 6.07) is 5.90. The molecule has 1 aliphatic rings. The van der Waals surface area contributed by atoms with Crippen LogP contribution in [0.1, 0.15) is 15.4 Å². The van der Waals surface area contributed by atoms with Crippen LogP contribution in [-0.2, 0) is 11.3 Å². The topological polar surface area (TPSA) is 66.5 Å². The second-order valence-corrected chi connectivity index (χ2v) is 7.07. The summed E-state index contributed by atoms with van der Waals surface area (Å²) < 4.78 is 5.38. The van der Waals surface area contributed by atoms with Gasteiger partial charge in [0.25, 0.3) is 0 Å². The number of hydrogen-bond donors (Lipinski definition) is 2. The van der Waals surface area contributed by atoms with Gasteiger partial charge in [-0.15, -0.1) is 11.3 Å². The molecule has 7 heteroatoms. The van der Waals surface area contributed by atoms with Crippen LogP contribution < -0.4 is 15.5 Å². The molecule has 1 aliphatic heterocycles. The first-order valence-corrected chi connectivity index (χ1v) is 8.83. The number of hydrogen-bond acceptors (Lipinski definition) is 5. The maximum absolute atomic E-state index is 12.1. The monoisotopic (exact) mass is 346 g/mol. The summed E-state index contributed by atoms with van der Waals surface area (Å²) in [5.41, 5.74) is 3.04. The van der Waals surface area contributed by atoms with Gasteiger partial charge in [-0.05, 0) is 37.6 Å². The summed E-state index contributed by atoms with van der Waals surface area (Å²) in [5.74, 6) is 0. The third-order valence-electron chi connectivity index (χ3n) is 3.93. The first kappa shape index (κ1) is 16.7. The Balaban J connectivity index is 1.57. The fourth-order valence-electron chi connectivity index (χ4n) is 2.63. The van der Waals surface area contributed by atoms with E-state index < -0.39 is 0 Å². The normalized spacial score (nSPS) is 14.5. The highest BCUT2D eigenvalue weighted by atomic mass is 32.1. The molecule has 0 bridgehead atoms. The number of carbonyl (C=O) groups is 1. The van der Waals surface area contributed by atoms with E-state index >= 15 is 0 Å². The Morgan fingerprint density at radius 1 is 1.33 bits per heavy atom. The summed E-state index contributed by atoms with van der Waals surface area (Å²) in [4.78, 5) is 19.6. The van der Waals surface area contributed by atoms with Crippen molar-refractivity contribution in [3.05, 3.63) is 39.8 Å². The van der Waals surface area contributed by atoms with Crippen molar-refractivity contribution < 1.29 is 9.53 Å². The van der Waals surface area contributed by atoms with Gasteiger partial charge in [-0.2, -0.15) is 0 Å². The molecule has 1 fully saturated rings. The van der Waals surface area contributed by atoms with Gasteiger partial charge >= 0.3 is 6.03 Å². The molecular formula is C17H22N4O2S. The lowest BCUT2D eigenvalue weighted by atomic mass is 10.1. The molecule has 0 unspecified atom stereocenters. The SMILES string of the molecule is Cc1ncc(CNC(=O)Nc2ccc(N3CCOCC3)cc2C)s1. The molecule has 0 spiro atoms. The Kier molecular flexibility index (Phi) is 5.32. The molecule has 3 rings (SSSR count). The number of anilines is 2. The maximum atomic E-state index is 12.1. The number of amides is 2. The Bertz CT molecular complexity index is 710. The zero-order valence-corrected chi connectivity index (χ0v) is 14.8. The summed E-state index contributed by atoms with van der Waals surface area (Å²) in [5, 5.41) is 6.77. The number of ether oxygens (including phenoxy) is 1. The van der Waals surface area contributed by atoms with Crippen molar-refractivity contribution in [1.29, 1.82) is 0 Å². The number of urea groups is 1. The second-order valence-electron chi connectivity index (χ2n) is 5.75. The highest BCUT2D eigenvalue weighted by molar-refractivity contribution is 7.11. The van der Waals surface area contributed by atoms with Crippen molar-refractivity contribution in [3.63, 3.8) is 0 Å². The molecule has 128 valence electrons. The summed E-state index contributed by atoms with van der Waals surface area (Å²) in [6.45, 7) is 7.78. The van der Waals surface area contributed by atoms with Gasteiger partial charge in [0, 0.05) is 35.5 Å².